The summed E-state index contributed by atoms with van der Waals surface area (Å²) in [6.45, 7) is 0. The van der Waals surface area contributed by atoms with Crippen LogP contribution in [0.25, 0.3) is 0 Å². The first-order chi connectivity index (χ1) is 1.73. The van der Waals surface area contributed by atoms with Crippen molar-refractivity contribution >= 4 is 61.5 Å². The number of hydrogen-bond acceptors (Lipinski definition) is 3. The molecule has 9 heavy (non-hydrogen) atoms. The molecule has 3 N–H and O–H groups in total. The largest absolute Gasteiger partial charge is 1.00 e. The maximum absolute atomic E-state index is 7.17. The molecule has 3 nitrogen and oxygen atoms in total. The summed E-state index contributed by atoms with van der Waals surface area (Å²) < 4.78 is 0. The molecule has 0 atom stereocenters. The SMILES string of the molecule is Br.Cl.Cl.Cl.OB(O)O.[H-].[Li+]. The van der Waals surface area contributed by atoms with Crippen LogP contribution in [0.5, 0.6) is 0 Å². The van der Waals surface area contributed by atoms with Gasteiger partial charge in [-0.25, -0.2) is 0 Å². The van der Waals surface area contributed by atoms with Crippen molar-refractivity contribution in [2.24, 2.45) is 0 Å². The summed E-state index contributed by atoms with van der Waals surface area (Å²) in [6.07, 6.45) is 0. The van der Waals surface area contributed by atoms with Crippen LogP contribution in [-0.2, 0) is 0 Å². The zero-order valence-corrected chi connectivity index (χ0v) is 8.71. The van der Waals surface area contributed by atoms with Gasteiger partial charge in [0.1, 0.15) is 0 Å². The van der Waals surface area contributed by atoms with Crippen LogP contribution in [0.4, 0.5) is 0 Å². The predicted octanol–water partition coefficient (Wildman–Crippen LogP) is -3.09. The standard InChI is InChI=1S/BH3O3.BrH.3ClH.Li.H/c2-1(3)4;;;;;;/h2-4H;4*1H;;/q;;;;;+1;-1. The van der Waals surface area contributed by atoms with E-state index in [1.165, 1.54) is 0 Å². The fraction of sp³-hybridized carbons (Fsp3) is 0. The molecule has 0 aromatic carbocycles. The van der Waals surface area contributed by atoms with Gasteiger partial charge in [0.25, 0.3) is 0 Å². The van der Waals surface area contributed by atoms with Gasteiger partial charge in [-0.05, 0) is 0 Å². The first-order valence-corrected chi connectivity index (χ1v) is 0.775. The van der Waals surface area contributed by atoms with Gasteiger partial charge in [-0.15, -0.1) is 54.2 Å². The number of rotatable bonds is 0. The Labute approximate surface area is 96.4 Å². The van der Waals surface area contributed by atoms with Crippen molar-refractivity contribution < 1.29 is 35.4 Å². The molecule has 0 heterocycles. The van der Waals surface area contributed by atoms with E-state index in [0.29, 0.717) is 0 Å². The Bertz CT molecular complexity index is 28.5. The topological polar surface area (TPSA) is 60.7 Å². The summed E-state index contributed by atoms with van der Waals surface area (Å²) in [5.41, 5.74) is 0. The van der Waals surface area contributed by atoms with Crippen molar-refractivity contribution in [3.63, 3.8) is 0 Å². The van der Waals surface area contributed by atoms with E-state index in [-0.39, 0.29) is 74.5 Å². The molecule has 0 aliphatic rings. The molecule has 0 aliphatic heterocycles. The predicted molar refractivity (Wildman–Crippen MR) is 45.6 cm³/mol. The number of halogens is 4. The molecule has 0 rings (SSSR count). The molecule has 0 unspecified atom stereocenters. The second-order valence-electron chi connectivity index (χ2n) is 0.346. The van der Waals surface area contributed by atoms with Crippen molar-refractivity contribution in [3.05, 3.63) is 0 Å². The molecule has 0 aromatic heterocycles. The van der Waals surface area contributed by atoms with Crippen molar-refractivity contribution in [2.75, 3.05) is 0 Å². The summed E-state index contributed by atoms with van der Waals surface area (Å²) >= 11 is 0. The zero-order valence-electron chi connectivity index (χ0n) is 5.55. The molecule has 9 heteroatoms. The van der Waals surface area contributed by atoms with E-state index in [2.05, 4.69) is 0 Å². The van der Waals surface area contributed by atoms with Crippen LogP contribution < -0.4 is 18.9 Å². The second-order valence-corrected chi connectivity index (χ2v) is 0.346. The van der Waals surface area contributed by atoms with Crippen molar-refractivity contribution in [1.29, 1.82) is 0 Å². The molecule has 0 aliphatic carbocycles. The quantitative estimate of drug-likeness (QED) is 0.405. The summed E-state index contributed by atoms with van der Waals surface area (Å²) in [7, 11) is -2.17. The fourth-order valence-corrected chi connectivity index (χ4v) is 0. The Hall–Kier alpha value is 1.89. The Kier molecular flexibility index (Phi) is 162. The Morgan fingerprint density at radius 2 is 0.889 bits per heavy atom. The van der Waals surface area contributed by atoms with E-state index in [4.69, 9.17) is 15.1 Å². The molecule has 0 amide bonds. The van der Waals surface area contributed by atoms with Crippen LogP contribution in [0.3, 0.4) is 0 Å². The zero-order chi connectivity index (χ0) is 3.58. The molecule has 0 radical (unpaired) electrons. The van der Waals surface area contributed by atoms with E-state index >= 15 is 0 Å². The normalized spacial score (nSPS) is 3.00. The fourth-order valence-electron chi connectivity index (χ4n) is 0. The van der Waals surface area contributed by atoms with Crippen molar-refractivity contribution in [1.82, 2.24) is 0 Å². The van der Waals surface area contributed by atoms with E-state index < -0.39 is 7.32 Å². The minimum absolute atomic E-state index is 0. The van der Waals surface area contributed by atoms with Crippen LogP contribution in [-0.4, -0.2) is 22.4 Å². The summed E-state index contributed by atoms with van der Waals surface area (Å²) in [5, 5.41) is 21.5. The molecule has 0 saturated carbocycles. The first kappa shape index (κ1) is 44.5. The van der Waals surface area contributed by atoms with Crippen molar-refractivity contribution in [2.45, 2.75) is 0 Å². The number of hydrogen-bond donors (Lipinski definition) is 3. The summed E-state index contributed by atoms with van der Waals surface area (Å²) in [5.74, 6) is 0. The average molecular weight is 260 g/mol. The van der Waals surface area contributed by atoms with Gasteiger partial charge in [0.05, 0.1) is 0 Å². The molecule has 0 bridgehead atoms. The molecular formula is H8BBrCl3LiO3. The van der Waals surface area contributed by atoms with Crippen LogP contribution in [0.1, 0.15) is 1.43 Å². The minimum Gasteiger partial charge on any atom is -1.00 e. The summed E-state index contributed by atoms with van der Waals surface area (Å²) in [6, 6.07) is 0. The smallest absolute Gasteiger partial charge is 1.00 e. The molecule has 0 fully saturated rings. The third-order valence-corrected chi connectivity index (χ3v) is 0. The van der Waals surface area contributed by atoms with Gasteiger partial charge >= 0.3 is 26.2 Å². The Morgan fingerprint density at radius 1 is 0.889 bits per heavy atom. The maximum atomic E-state index is 7.17. The molecule has 58 valence electrons. The minimum atomic E-state index is -2.17. The van der Waals surface area contributed by atoms with Gasteiger partial charge in [0.15, 0.2) is 0 Å². The van der Waals surface area contributed by atoms with Gasteiger partial charge in [0.2, 0.25) is 0 Å². The van der Waals surface area contributed by atoms with Gasteiger partial charge in [0, 0.05) is 0 Å². The van der Waals surface area contributed by atoms with Crippen LogP contribution >= 0.6 is 54.2 Å². The van der Waals surface area contributed by atoms with E-state index in [1.807, 2.05) is 0 Å². The van der Waals surface area contributed by atoms with Crippen LogP contribution in [0.2, 0.25) is 0 Å². The van der Waals surface area contributed by atoms with Gasteiger partial charge in [-0.3, -0.25) is 0 Å². The maximum Gasteiger partial charge on any atom is 1.00 e. The van der Waals surface area contributed by atoms with Crippen LogP contribution in [0, 0.1) is 0 Å². The van der Waals surface area contributed by atoms with Crippen LogP contribution in [0.15, 0.2) is 0 Å². The molecular weight excluding hydrogens is 252 g/mol. The average Bonchev–Trinajstić information content (AvgIpc) is 0.811. The third kappa shape index (κ3) is 172. The van der Waals surface area contributed by atoms with Gasteiger partial charge in [-0.2, -0.15) is 0 Å². The molecule has 0 aromatic rings. The third-order valence-electron chi connectivity index (χ3n) is 0. The van der Waals surface area contributed by atoms with Gasteiger partial charge in [-0.1, -0.05) is 0 Å². The monoisotopic (exact) mass is 258 g/mol. The van der Waals surface area contributed by atoms with E-state index in [0.717, 1.165) is 0 Å². The van der Waals surface area contributed by atoms with E-state index in [1.54, 1.807) is 0 Å². The Morgan fingerprint density at radius 3 is 0.889 bits per heavy atom. The van der Waals surface area contributed by atoms with Crippen molar-refractivity contribution in [3.8, 4) is 0 Å². The van der Waals surface area contributed by atoms with E-state index in [9.17, 15) is 0 Å². The van der Waals surface area contributed by atoms with Gasteiger partial charge < -0.3 is 16.5 Å². The molecule has 0 spiro atoms. The Balaban J connectivity index is -0.00000000300. The second kappa shape index (κ2) is 32.7. The summed E-state index contributed by atoms with van der Waals surface area (Å²) in [4.78, 5) is 0. The molecule has 0 saturated heterocycles. The first-order valence-electron chi connectivity index (χ1n) is 0.775.